The minimum absolute atomic E-state index is 0.157. The number of rotatable bonds is 3. The van der Waals surface area contributed by atoms with Crippen LogP contribution in [0.3, 0.4) is 0 Å². The standard InChI is InChI=1S/C22H34O2/c1-4-11-22(23)13-10-20-19-7-5-15-14-16(24-3)6-8-17(15)18(19)9-12-21(20,22)2/h6,18-20,23H,4-5,7-14H2,1-3H3. The minimum atomic E-state index is -0.401. The van der Waals surface area contributed by atoms with Crippen LogP contribution in [0.25, 0.3) is 0 Å². The Bertz CT molecular complexity index is 575. The first kappa shape index (κ1) is 16.7. The van der Waals surface area contributed by atoms with Crippen LogP contribution >= 0.6 is 0 Å². The molecule has 2 saturated carbocycles. The summed E-state index contributed by atoms with van der Waals surface area (Å²) in [6.45, 7) is 4.64. The number of hydrogen-bond acceptors (Lipinski definition) is 2. The molecule has 0 aromatic rings. The molecule has 0 aromatic carbocycles. The van der Waals surface area contributed by atoms with Crippen LogP contribution < -0.4 is 0 Å². The molecule has 0 aliphatic heterocycles. The van der Waals surface area contributed by atoms with Gasteiger partial charge in [-0.15, -0.1) is 0 Å². The van der Waals surface area contributed by atoms with Crippen molar-refractivity contribution in [1.82, 2.24) is 0 Å². The van der Waals surface area contributed by atoms with Crippen molar-refractivity contribution >= 4 is 0 Å². The summed E-state index contributed by atoms with van der Waals surface area (Å²) < 4.78 is 5.51. The largest absolute Gasteiger partial charge is 0.501 e. The SMILES string of the molecule is CCCC1(O)CCC2C3CCC4=C(CC=C(OC)C4)C3CCC21C. The van der Waals surface area contributed by atoms with Gasteiger partial charge in [0.15, 0.2) is 0 Å². The number of methoxy groups -OCH3 is 1. The lowest BCUT2D eigenvalue weighted by atomic mass is 9.52. The predicted octanol–water partition coefficient (Wildman–Crippen LogP) is 5.37. The summed E-state index contributed by atoms with van der Waals surface area (Å²) in [5, 5.41) is 11.4. The molecule has 0 saturated heterocycles. The van der Waals surface area contributed by atoms with Gasteiger partial charge in [-0.25, -0.2) is 0 Å². The Morgan fingerprint density at radius 3 is 2.83 bits per heavy atom. The molecule has 4 aliphatic rings. The molecule has 4 rings (SSSR count). The van der Waals surface area contributed by atoms with Crippen molar-refractivity contribution in [2.24, 2.45) is 23.2 Å². The average molecular weight is 331 g/mol. The summed E-state index contributed by atoms with van der Waals surface area (Å²) in [6, 6.07) is 0. The lowest BCUT2D eigenvalue weighted by Crippen LogP contribution is -2.51. The van der Waals surface area contributed by atoms with E-state index in [1.807, 2.05) is 7.11 Å². The maximum absolute atomic E-state index is 11.4. The number of aliphatic hydroxyl groups is 1. The quantitative estimate of drug-likeness (QED) is 0.704. The summed E-state index contributed by atoms with van der Waals surface area (Å²) in [5.41, 5.74) is 3.19. The van der Waals surface area contributed by atoms with Crippen LogP contribution in [-0.4, -0.2) is 17.8 Å². The van der Waals surface area contributed by atoms with Gasteiger partial charge in [0.05, 0.1) is 18.5 Å². The highest BCUT2D eigenvalue weighted by Crippen LogP contribution is 2.65. The van der Waals surface area contributed by atoms with Crippen LogP contribution in [0.4, 0.5) is 0 Å². The molecule has 2 fully saturated rings. The van der Waals surface area contributed by atoms with Gasteiger partial charge < -0.3 is 9.84 Å². The van der Waals surface area contributed by atoms with Gasteiger partial charge in [0.2, 0.25) is 0 Å². The summed E-state index contributed by atoms with van der Waals surface area (Å²) in [7, 11) is 1.81. The molecule has 4 aliphatic carbocycles. The average Bonchev–Trinajstić information content (AvgIpc) is 2.86. The van der Waals surface area contributed by atoms with Crippen molar-refractivity contribution in [3.63, 3.8) is 0 Å². The lowest BCUT2D eigenvalue weighted by Gasteiger charge is -2.54. The molecular formula is C22H34O2. The van der Waals surface area contributed by atoms with Crippen LogP contribution in [0.15, 0.2) is 23.0 Å². The van der Waals surface area contributed by atoms with Crippen LogP contribution in [0.2, 0.25) is 0 Å². The fourth-order valence-corrected chi connectivity index (χ4v) is 6.98. The Morgan fingerprint density at radius 2 is 2.08 bits per heavy atom. The second-order valence-electron chi connectivity index (χ2n) is 9.08. The smallest absolute Gasteiger partial charge is 0.0959 e. The summed E-state index contributed by atoms with van der Waals surface area (Å²) in [5.74, 6) is 3.50. The van der Waals surface area contributed by atoms with Gasteiger partial charge in [0.25, 0.3) is 0 Å². The van der Waals surface area contributed by atoms with E-state index in [2.05, 4.69) is 19.9 Å². The van der Waals surface area contributed by atoms with Gasteiger partial charge >= 0.3 is 0 Å². The molecule has 5 atom stereocenters. The van der Waals surface area contributed by atoms with Gasteiger partial charge in [0.1, 0.15) is 0 Å². The highest BCUT2D eigenvalue weighted by Gasteiger charge is 2.61. The van der Waals surface area contributed by atoms with Crippen LogP contribution in [0.1, 0.15) is 78.1 Å². The Labute approximate surface area is 147 Å². The fourth-order valence-electron chi connectivity index (χ4n) is 6.98. The molecule has 0 spiro atoms. The minimum Gasteiger partial charge on any atom is -0.501 e. The van der Waals surface area contributed by atoms with Gasteiger partial charge in [-0.1, -0.05) is 31.4 Å². The van der Waals surface area contributed by atoms with Crippen molar-refractivity contribution < 1.29 is 9.84 Å². The Balaban J connectivity index is 1.59. The van der Waals surface area contributed by atoms with Gasteiger partial charge in [-0.3, -0.25) is 0 Å². The Kier molecular flexibility index (Phi) is 4.10. The first-order valence-corrected chi connectivity index (χ1v) is 10.2. The first-order valence-electron chi connectivity index (χ1n) is 10.2. The lowest BCUT2D eigenvalue weighted by molar-refractivity contribution is -0.111. The Morgan fingerprint density at radius 1 is 1.25 bits per heavy atom. The number of hydrogen-bond donors (Lipinski definition) is 1. The predicted molar refractivity (Wildman–Crippen MR) is 97.5 cm³/mol. The number of allylic oxidation sites excluding steroid dienone is 3. The third-order valence-electron chi connectivity index (χ3n) is 8.30. The molecule has 134 valence electrons. The maximum atomic E-state index is 11.4. The molecule has 0 heterocycles. The molecule has 24 heavy (non-hydrogen) atoms. The highest BCUT2D eigenvalue weighted by molar-refractivity contribution is 5.33. The highest BCUT2D eigenvalue weighted by atomic mass is 16.5. The zero-order valence-electron chi connectivity index (χ0n) is 15.7. The topological polar surface area (TPSA) is 29.5 Å². The molecule has 1 N–H and O–H groups in total. The second-order valence-corrected chi connectivity index (χ2v) is 9.08. The third kappa shape index (κ3) is 2.25. The molecule has 5 unspecified atom stereocenters. The normalized spacial score (nSPS) is 44.5. The molecule has 0 bridgehead atoms. The van der Waals surface area contributed by atoms with Crippen molar-refractivity contribution in [1.29, 1.82) is 0 Å². The summed E-state index contributed by atoms with van der Waals surface area (Å²) in [4.78, 5) is 0. The monoisotopic (exact) mass is 330 g/mol. The molecule has 0 amide bonds. The number of fused-ring (bicyclic) bond motifs is 4. The van der Waals surface area contributed by atoms with Crippen molar-refractivity contribution in [2.75, 3.05) is 7.11 Å². The van der Waals surface area contributed by atoms with Gasteiger partial charge in [0, 0.05) is 6.42 Å². The fraction of sp³-hybridized carbons (Fsp3) is 0.818. The molecule has 0 aromatic heterocycles. The van der Waals surface area contributed by atoms with Crippen molar-refractivity contribution in [3.05, 3.63) is 23.0 Å². The third-order valence-corrected chi connectivity index (χ3v) is 8.30. The second kappa shape index (κ2) is 5.90. The van der Waals surface area contributed by atoms with Crippen LogP contribution in [0.5, 0.6) is 0 Å². The number of ether oxygens (including phenoxy) is 1. The van der Waals surface area contributed by atoms with E-state index < -0.39 is 5.60 Å². The maximum Gasteiger partial charge on any atom is 0.0959 e. The Hall–Kier alpha value is -0.760. The summed E-state index contributed by atoms with van der Waals surface area (Å²) >= 11 is 0. The van der Waals surface area contributed by atoms with Crippen LogP contribution in [-0.2, 0) is 4.74 Å². The van der Waals surface area contributed by atoms with E-state index in [9.17, 15) is 5.11 Å². The van der Waals surface area contributed by atoms with Gasteiger partial charge in [-0.05, 0) is 80.6 Å². The van der Waals surface area contributed by atoms with Crippen molar-refractivity contribution in [2.45, 2.75) is 83.7 Å². The van der Waals surface area contributed by atoms with Crippen LogP contribution in [0, 0.1) is 23.2 Å². The first-order chi connectivity index (χ1) is 11.5. The van der Waals surface area contributed by atoms with E-state index in [0.29, 0.717) is 0 Å². The van der Waals surface area contributed by atoms with E-state index in [1.54, 1.807) is 11.1 Å². The molecular weight excluding hydrogens is 296 g/mol. The molecule has 2 heteroatoms. The zero-order valence-corrected chi connectivity index (χ0v) is 15.7. The van der Waals surface area contributed by atoms with E-state index in [0.717, 1.165) is 49.9 Å². The zero-order chi connectivity index (χ0) is 16.9. The van der Waals surface area contributed by atoms with E-state index in [-0.39, 0.29) is 5.41 Å². The molecule has 2 nitrogen and oxygen atoms in total. The van der Waals surface area contributed by atoms with E-state index in [4.69, 9.17) is 4.74 Å². The summed E-state index contributed by atoms with van der Waals surface area (Å²) in [6.07, 6.45) is 14.0. The van der Waals surface area contributed by atoms with E-state index >= 15 is 0 Å². The molecule has 0 radical (unpaired) electrons. The van der Waals surface area contributed by atoms with Gasteiger partial charge in [-0.2, -0.15) is 0 Å². The van der Waals surface area contributed by atoms with E-state index in [1.165, 1.54) is 37.9 Å². The van der Waals surface area contributed by atoms with Crippen molar-refractivity contribution in [3.8, 4) is 0 Å².